The minimum absolute atomic E-state index is 0.274. The summed E-state index contributed by atoms with van der Waals surface area (Å²) in [4.78, 5) is 1.13. The van der Waals surface area contributed by atoms with E-state index >= 15 is 0 Å². The van der Waals surface area contributed by atoms with Crippen LogP contribution in [-0.2, 0) is 6.42 Å². The van der Waals surface area contributed by atoms with Crippen LogP contribution in [0.2, 0.25) is 0 Å². The van der Waals surface area contributed by atoms with Crippen LogP contribution in [0.3, 0.4) is 0 Å². The Kier molecular flexibility index (Phi) is 2.69. The van der Waals surface area contributed by atoms with Crippen LogP contribution in [0.5, 0.6) is 0 Å². The number of nitrogens with one attached hydrogen (secondary N) is 1. The van der Waals surface area contributed by atoms with Crippen molar-refractivity contribution in [2.75, 3.05) is 0 Å². The van der Waals surface area contributed by atoms with Crippen LogP contribution in [0, 0.1) is 4.84 Å². The molecule has 0 atom stereocenters. The van der Waals surface area contributed by atoms with Gasteiger partial charge in [0.1, 0.15) is 4.88 Å². The number of rotatable bonds is 3. The fraction of sp³-hybridized carbons (Fsp3) is 0.429. The van der Waals surface area contributed by atoms with Gasteiger partial charge in [-0.05, 0) is 30.2 Å². The van der Waals surface area contributed by atoms with E-state index in [2.05, 4.69) is 26.7 Å². The summed E-state index contributed by atoms with van der Waals surface area (Å²) in [7, 11) is 0. The Morgan fingerprint density at radius 2 is 2.43 bits per heavy atom. The Morgan fingerprint density at radius 3 is 3.07 bits per heavy atom. The summed E-state index contributed by atoms with van der Waals surface area (Å²) in [5.74, 6) is 0.480. The Labute approximate surface area is 89.3 Å². The minimum atomic E-state index is 0.274. The van der Waals surface area contributed by atoms with Gasteiger partial charge in [0, 0.05) is 0 Å². The second-order valence-electron chi connectivity index (χ2n) is 2.72. The van der Waals surface area contributed by atoms with Gasteiger partial charge in [0.15, 0.2) is 0 Å². The summed E-state index contributed by atoms with van der Waals surface area (Å²) in [6.07, 6.45) is 1.89. The zero-order valence-corrected chi connectivity index (χ0v) is 9.11. The number of aryl methyl sites for hydroxylation is 1. The fourth-order valence-electron chi connectivity index (χ4n) is 1.10. The molecule has 0 unspecified atom stereocenters. The molecule has 5 nitrogen and oxygen atoms in total. The standard InChI is InChI=1S/C7H8N4OS2/c1-2-3-4-5(14-11-8-4)6-9-10-7(13)12-6/h2-3H2,1H3,(H,10,13). The molecule has 2 aromatic rings. The Balaban J connectivity index is 2.40. The van der Waals surface area contributed by atoms with E-state index < -0.39 is 0 Å². The molecular formula is C7H8N4OS2. The van der Waals surface area contributed by atoms with Crippen LogP contribution >= 0.6 is 23.8 Å². The summed E-state index contributed by atoms with van der Waals surface area (Å²) in [5, 5.41) is 10.5. The third-order valence-electron chi connectivity index (χ3n) is 1.67. The third kappa shape index (κ3) is 1.73. The largest absolute Gasteiger partial charge is 0.408 e. The van der Waals surface area contributed by atoms with Gasteiger partial charge >= 0.3 is 0 Å². The molecule has 2 heterocycles. The van der Waals surface area contributed by atoms with Crippen molar-refractivity contribution >= 4 is 23.8 Å². The molecule has 0 saturated carbocycles. The van der Waals surface area contributed by atoms with E-state index in [1.54, 1.807) is 0 Å². The number of hydrogen-bond donors (Lipinski definition) is 1. The van der Waals surface area contributed by atoms with E-state index in [1.165, 1.54) is 11.5 Å². The molecular weight excluding hydrogens is 220 g/mol. The molecule has 7 heteroatoms. The molecule has 0 aromatic carbocycles. The highest BCUT2D eigenvalue weighted by Gasteiger charge is 2.13. The Hall–Kier alpha value is -1.08. The van der Waals surface area contributed by atoms with Crippen molar-refractivity contribution in [2.45, 2.75) is 19.8 Å². The van der Waals surface area contributed by atoms with Gasteiger partial charge in [0.2, 0.25) is 0 Å². The van der Waals surface area contributed by atoms with Gasteiger partial charge in [-0.3, -0.25) is 0 Å². The van der Waals surface area contributed by atoms with E-state index in [0.717, 1.165) is 23.4 Å². The van der Waals surface area contributed by atoms with Crippen molar-refractivity contribution in [3.63, 3.8) is 0 Å². The number of aromatic nitrogens is 4. The van der Waals surface area contributed by atoms with Crippen LogP contribution in [0.4, 0.5) is 0 Å². The van der Waals surface area contributed by atoms with Gasteiger partial charge in [-0.25, -0.2) is 5.10 Å². The van der Waals surface area contributed by atoms with Crippen molar-refractivity contribution in [1.82, 2.24) is 19.8 Å². The summed E-state index contributed by atoms with van der Waals surface area (Å²) < 4.78 is 9.06. The van der Waals surface area contributed by atoms with Crippen LogP contribution in [0.15, 0.2) is 4.42 Å². The first-order valence-corrected chi connectivity index (χ1v) is 5.36. The summed E-state index contributed by atoms with van der Waals surface area (Å²) in [6, 6.07) is 0. The van der Waals surface area contributed by atoms with Crippen LogP contribution < -0.4 is 0 Å². The number of nitrogens with zero attached hydrogens (tertiary/aromatic N) is 3. The second-order valence-corrected chi connectivity index (χ2v) is 3.84. The van der Waals surface area contributed by atoms with Crippen molar-refractivity contribution < 1.29 is 4.42 Å². The molecule has 14 heavy (non-hydrogen) atoms. The van der Waals surface area contributed by atoms with Gasteiger partial charge in [0.25, 0.3) is 10.7 Å². The molecule has 0 radical (unpaired) electrons. The zero-order chi connectivity index (χ0) is 9.97. The molecule has 0 saturated heterocycles. The van der Waals surface area contributed by atoms with Gasteiger partial charge in [-0.2, -0.15) is 0 Å². The van der Waals surface area contributed by atoms with E-state index in [9.17, 15) is 0 Å². The second kappa shape index (κ2) is 3.97. The number of aromatic amines is 1. The topological polar surface area (TPSA) is 67.6 Å². The normalized spacial score (nSPS) is 10.6. The molecule has 0 bridgehead atoms. The molecule has 2 aromatic heterocycles. The predicted molar refractivity (Wildman–Crippen MR) is 54.6 cm³/mol. The first-order chi connectivity index (χ1) is 6.81. The lowest BCUT2D eigenvalue weighted by Crippen LogP contribution is -1.87. The molecule has 74 valence electrons. The highest BCUT2D eigenvalue weighted by Crippen LogP contribution is 2.24. The molecule has 0 amide bonds. The highest BCUT2D eigenvalue weighted by molar-refractivity contribution is 7.71. The van der Waals surface area contributed by atoms with Crippen LogP contribution in [0.1, 0.15) is 19.0 Å². The van der Waals surface area contributed by atoms with E-state index in [1.807, 2.05) is 0 Å². The SMILES string of the molecule is CCCc1nnsc1-c1n[nH]c(=S)o1. The Bertz CT molecular complexity index is 472. The monoisotopic (exact) mass is 228 g/mol. The summed E-state index contributed by atoms with van der Waals surface area (Å²) >= 11 is 6.07. The Morgan fingerprint density at radius 1 is 1.57 bits per heavy atom. The number of H-pyrrole nitrogens is 1. The molecule has 0 spiro atoms. The molecule has 0 aliphatic carbocycles. The first-order valence-electron chi connectivity index (χ1n) is 4.18. The quantitative estimate of drug-likeness (QED) is 0.816. The van der Waals surface area contributed by atoms with Gasteiger partial charge < -0.3 is 4.42 Å². The molecule has 0 fully saturated rings. The van der Waals surface area contributed by atoms with Crippen LogP contribution in [-0.4, -0.2) is 19.8 Å². The van der Waals surface area contributed by atoms with Gasteiger partial charge in [0.05, 0.1) is 5.69 Å². The fourth-order valence-corrected chi connectivity index (χ4v) is 1.86. The van der Waals surface area contributed by atoms with Gasteiger partial charge in [-0.1, -0.05) is 17.8 Å². The van der Waals surface area contributed by atoms with Crippen molar-refractivity contribution in [1.29, 1.82) is 0 Å². The highest BCUT2D eigenvalue weighted by atomic mass is 32.1. The van der Waals surface area contributed by atoms with Gasteiger partial charge in [-0.15, -0.1) is 10.2 Å². The zero-order valence-electron chi connectivity index (χ0n) is 7.48. The first kappa shape index (κ1) is 9.47. The van der Waals surface area contributed by atoms with Crippen molar-refractivity contribution in [3.8, 4) is 10.8 Å². The number of hydrogen-bond acceptors (Lipinski definition) is 6. The summed E-state index contributed by atoms with van der Waals surface area (Å²) in [5.41, 5.74) is 0.919. The molecule has 0 aliphatic heterocycles. The third-order valence-corrected chi connectivity index (χ3v) is 2.61. The van der Waals surface area contributed by atoms with Crippen LogP contribution in [0.25, 0.3) is 10.8 Å². The lowest BCUT2D eigenvalue weighted by Gasteiger charge is -1.92. The van der Waals surface area contributed by atoms with Crippen molar-refractivity contribution in [3.05, 3.63) is 10.5 Å². The maximum atomic E-state index is 5.19. The van der Waals surface area contributed by atoms with E-state index in [4.69, 9.17) is 16.6 Å². The van der Waals surface area contributed by atoms with E-state index in [-0.39, 0.29) is 4.84 Å². The maximum absolute atomic E-state index is 5.19. The molecule has 2 rings (SSSR count). The maximum Gasteiger partial charge on any atom is 0.284 e. The smallest absolute Gasteiger partial charge is 0.284 e. The minimum Gasteiger partial charge on any atom is -0.408 e. The average Bonchev–Trinajstić information content (AvgIpc) is 2.74. The summed E-state index contributed by atoms with van der Waals surface area (Å²) in [6.45, 7) is 2.09. The van der Waals surface area contributed by atoms with E-state index in [0.29, 0.717) is 5.89 Å². The average molecular weight is 228 g/mol. The molecule has 0 aliphatic rings. The lowest BCUT2D eigenvalue weighted by atomic mass is 10.2. The predicted octanol–water partition coefficient (Wildman–Crippen LogP) is 2.20. The molecule has 1 N–H and O–H groups in total. The lowest BCUT2D eigenvalue weighted by molar-refractivity contribution is 0.552. The van der Waals surface area contributed by atoms with Crippen molar-refractivity contribution in [2.24, 2.45) is 0 Å².